The number of nitrogens with zero attached hydrogens (tertiary/aromatic N) is 2. The number of hydrogen-bond acceptors (Lipinski definition) is 3. The zero-order chi connectivity index (χ0) is 28.2. The van der Waals surface area contributed by atoms with Gasteiger partial charge in [-0.2, -0.15) is 0 Å². The van der Waals surface area contributed by atoms with E-state index in [-0.39, 0.29) is 0 Å². The Morgan fingerprint density at radius 1 is 0.775 bits per heavy atom. The van der Waals surface area contributed by atoms with Gasteiger partial charge in [0.1, 0.15) is 22.2 Å². The van der Waals surface area contributed by atoms with Gasteiger partial charge in [0.15, 0.2) is 16.9 Å². The zero-order valence-electron chi connectivity index (χ0n) is 24.7. The molecular weight excluding hydrogens is 508 g/mol. The molecule has 2 aliphatic carbocycles. The van der Waals surface area contributed by atoms with Crippen LogP contribution in [0, 0.1) is 0 Å². The fourth-order valence-electron chi connectivity index (χ4n) is 7.15. The minimum atomic E-state index is -2.00. The molecule has 0 aromatic heterocycles. The van der Waals surface area contributed by atoms with Crippen molar-refractivity contribution in [2.24, 2.45) is 0 Å². The van der Waals surface area contributed by atoms with Crippen LogP contribution in [0.25, 0.3) is 5.57 Å². The van der Waals surface area contributed by atoms with Gasteiger partial charge in [0.2, 0.25) is 0 Å². The molecule has 5 aliphatic rings. The van der Waals surface area contributed by atoms with Crippen LogP contribution in [0.4, 0.5) is 5.69 Å². The third-order valence-electron chi connectivity index (χ3n) is 9.59. The molecule has 3 aromatic carbocycles. The molecule has 3 heterocycles. The van der Waals surface area contributed by atoms with Gasteiger partial charge in [-0.25, -0.2) is 14.4 Å². The van der Waals surface area contributed by atoms with Crippen molar-refractivity contribution in [3.05, 3.63) is 123 Å². The molecule has 2 atom stereocenters. The van der Waals surface area contributed by atoms with Crippen molar-refractivity contribution in [3.8, 4) is 0 Å². The van der Waals surface area contributed by atoms with Crippen LogP contribution < -0.4 is 10.1 Å². The van der Waals surface area contributed by atoms with E-state index in [1.165, 1.54) is 66.3 Å². The lowest BCUT2D eigenvalue weighted by Crippen LogP contribution is -2.50. The molecule has 0 spiro atoms. The summed E-state index contributed by atoms with van der Waals surface area (Å²) in [5, 5.41) is 2.97. The summed E-state index contributed by atoms with van der Waals surface area (Å²) in [6, 6.07) is 22.5. The van der Waals surface area contributed by atoms with Gasteiger partial charge < -0.3 is 4.90 Å². The zero-order valence-corrected chi connectivity index (χ0v) is 25.7. The maximum Gasteiger partial charge on any atom is 0.199 e. The molecule has 2 bridgehead atoms. The maximum atomic E-state index is 6.21. The van der Waals surface area contributed by atoms with Crippen LogP contribution in [0.5, 0.6) is 0 Å². The standard InChI is InChI=1S/C35H37N2O2Si/c1-34-27-11-9-10-12-28(27)35(2,39-38-34)30-19-22(13-18-29(30)34)33-25-16-14-23(36(3)4)20-31(25)40(7,8)32-21-24(37(5)6)15-17-26(32)33/h9-21H,1-8H3/q+1. The highest BCUT2D eigenvalue weighted by Crippen LogP contribution is 2.57. The third kappa shape index (κ3) is 3.23. The predicted octanol–water partition coefficient (Wildman–Crippen LogP) is 6.03. The van der Waals surface area contributed by atoms with E-state index in [9.17, 15) is 0 Å². The summed E-state index contributed by atoms with van der Waals surface area (Å²) in [6.07, 6.45) is 7.04. The van der Waals surface area contributed by atoms with Gasteiger partial charge in [0.25, 0.3) is 0 Å². The van der Waals surface area contributed by atoms with E-state index < -0.39 is 19.3 Å². The molecule has 5 heteroatoms. The quantitative estimate of drug-likeness (QED) is 0.223. The smallest absolute Gasteiger partial charge is 0.199 e. The van der Waals surface area contributed by atoms with Crippen molar-refractivity contribution >= 4 is 30.2 Å². The molecule has 40 heavy (non-hydrogen) atoms. The maximum absolute atomic E-state index is 6.21. The normalized spacial score (nSPS) is 25.1. The minimum absolute atomic E-state index is 0.634. The van der Waals surface area contributed by atoms with E-state index in [1.54, 1.807) is 0 Å². The monoisotopic (exact) mass is 545 g/mol. The lowest BCUT2D eigenvalue weighted by Gasteiger charge is -2.51. The number of rotatable bonds is 2. The summed E-state index contributed by atoms with van der Waals surface area (Å²) < 4.78 is 2.21. The molecule has 0 saturated heterocycles. The summed E-state index contributed by atoms with van der Waals surface area (Å²) in [4.78, 5) is 14.5. The highest BCUT2D eigenvalue weighted by Gasteiger charge is 2.55. The van der Waals surface area contributed by atoms with E-state index in [2.05, 4.69) is 143 Å². The highest BCUT2D eigenvalue weighted by molar-refractivity contribution is 6.98. The largest absolute Gasteiger partial charge is 0.378 e. The van der Waals surface area contributed by atoms with Crippen LogP contribution in [-0.4, -0.2) is 46.6 Å². The predicted molar refractivity (Wildman–Crippen MR) is 166 cm³/mol. The van der Waals surface area contributed by atoms with Crippen LogP contribution in [0.2, 0.25) is 13.1 Å². The second-order valence-electron chi connectivity index (χ2n) is 12.8. The molecule has 0 radical (unpaired) electrons. The van der Waals surface area contributed by atoms with Gasteiger partial charge in [-0.15, -0.1) is 0 Å². The number of fused-ring (bicyclic) bond motifs is 3. The van der Waals surface area contributed by atoms with Crippen LogP contribution in [0.1, 0.15) is 47.2 Å². The molecule has 3 aliphatic heterocycles. The molecule has 2 unspecified atom stereocenters. The Morgan fingerprint density at radius 2 is 1.43 bits per heavy atom. The average Bonchev–Trinajstić information content (AvgIpc) is 2.94. The average molecular weight is 546 g/mol. The van der Waals surface area contributed by atoms with Gasteiger partial charge in [-0.1, -0.05) is 55.6 Å². The first kappa shape index (κ1) is 25.5. The van der Waals surface area contributed by atoms with Gasteiger partial charge in [0.05, 0.1) is 0 Å². The van der Waals surface area contributed by atoms with Crippen molar-refractivity contribution in [1.82, 2.24) is 0 Å². The van der Waals surface area contributed by atoms with E-state index in [0.717, 1.165) is 0 Å². The number of benzene rings is 3. The highest BCUT2D eigenvalue weighted by atomic mass is 28.3. The Bertz CT molecular complexity index is 1750. The van der Waals surface area contributed by atoms with Gasteiger partial charge >= 0.3 is 0 Å². The lowest BCUT2D eigenvalue weighted by molar-refractivity contribution is -0.462. The van der Waals surface area contributed by atoms with Crippen molar-refractivity contribution in [2.75, 3.05) is 33.1 Å². The topological polar surface area (TPSA) is 24.7 Å². The molecule has 8 rings (SSSR count). The van der Waals surface area contributed by atoms with Crippen molar-refractivity contribution in [2.45, 2.75) is 38.1 Å². The molecular formula is C35H37N2O2Si+. The molecule has 3 aromatic rings. The Labute approximate surface area is 238 Å². The Balaban J connectivity index is 1.51. The Kier molecular flexibility index (Phi) is 5.26. The summed E-state index contributed by atoms with van der Waals surface area (Å²) in [7, 11) is 6.51. The number of hydrogen-bond donors (Lipinski definition) is 0. The summed E-state index contributed by atoms with van der Waals surface area (Å²) >= 11 is 0. The van der Waals surface area contributed by atoms with Crippen LogP contribution >= 0.6 is 0 Å². The molecule has 4 nitrogen and oxygen atoms in total. The fraction of sp³-hybridized carbons (Fsp3) is 0.286. The van der Waals surface area contributed by atoms with Crippen molar-refractivity contribution < 1.29 is 14.4 Å². The lowest BCUT2D eigenvalue weighted by atomic mass is 9.67. The van der Waals surface area contributed by atoms with Crippen molar-refractivity contribution in [1.29, 1.82) is 0 Å². The van der Waals surface area contributed by atoms with Gasteiger partial charge in [-0.05, 0) is 93.0 Å². The Hall–Kier alpha value is -3.51. The first-order valence-electron chi connectivity index (χ1n) is 14.1. The summed E-state index contributed by atoms with van der Waals surface area (Å²) in [5.41, 5.74) is 11.2. The molecule has 0 N–H and O–H groups in total. The van der Waals surface area contributed by atoms with Crippen molar-refractivity contribution in [3.63, 3.8) is 0 Å². The van der Waals surface area contributed by atoms with Gasteiger partial charge in [0, 0.05) is 31.9 Å². The molecule has 0 fully saturated rings. The first-order valence-corrected chi connectivity index (χ1v) is 17.1. The molecule has 0 saturated carbocycles. The fourth-order valence-corrected chi connectivity index (χ4v) is 10.2. The number of allylic oxidation sites excluding steroid dienone is 5. The molecule has 202 valence electrons. The minimum Gasteiger partial charge on any atom is -0.378 e. The summed E-state index contributed by atoms with van der Waals surface area (Å²) in [5.74, 6) is 0. The van der Waals surface area contributed by atoms with E-state index in [1.807, 2.05) is 0 Å². The van der Waals surface area contributed by atoms with E-state index >= 15 is 0 Å². The van der Waals surface area contributed by atoms with Crippen LogP contribution in [-0.2, 0) is 21.0 Å². The van der Waals surface area contributed by atoms with Crippen LogP contribution in [0.3, 0.4) is 0 Å². The Morgan fingerprint density at radius 3 is 2.08 bits per heavy atom. The number of anilines is 1. The van der Waals surface area contributed by atoms with Crippen LogP contribution in [0.15, 0.2) is 89.7 Å². The third-order valence-corrected chi connectivity index (χ3v) is 13.1. The first-order chi connectivity index (χ1) is 19.0. The second-order valence-corrected chi connectivity index (χ2v) is 17.1. The van der Waals surface area contributed by atoms with Gasteiger partial charge in [-0.3, -0.25) is 0 Å². The SMILES string of the molecule is CN(C)c1ccc2c(c1)[Si](C)(C)C1=CC(=[N+](C)C)C=CC1=C2c1ccc2c(c1)C1(C)OOC2(C)c2ccccc21. The molecule has 0 amide bonds. The summed E-state index contributed by atoms with van der Waals surface area (Å²) in [6.45, 7) is 9.26. The van der Waals surface area contributed by atoms with E-state index in [0.29, 0.717) is 0 Å². The van der Waals surface area contributed by atoms with E-state index in [4.69, 9.17) is 9.78 Å². The second kappa shape index (κ2) is 8.26.